The van der Waals surface area contributed by atoms with Crippen LogP contribution >= 0.6 is 0 Å². The maximum Gasteiger partial charge on any atom is 0.253 e. The first kappa shape index (κ1) is 12.8. The van der Waals surface area contributed by atoms with Crippen molar-refractivity contribution in [2.24, 2.45) is 0 Å². The number of hydrogen-bond acceptors (Lipinski definition) is 6. The molecule has 0 spiro atoms. The van der Waals surface area contributed by atoms with Gasteiger partial charge in [0.25, 0.3) is 5.91 Å². The molecule has 0 saturated heterocycles. The van der Waals surface area contributed by atoms with Crippen LogP contribution < -0.4 is 16.0 Å². The Morgan fingerprint density at radius 2 is 2.26 bits per heavy atom. The van der Waals surface area contributed by atoms with Crippen LogP contribution in [-0.4, -0.2) is 40.2 Å². The highest BCUT2D eigenvalue weighted by Crippen LogP contribution is 2.07. The molecule has 2 heterocycles. The summed E-state index contributed by atoms with van der Waals surface area (Å²) in [6.07, 6.45) is 1.53. The highest BCUT2D eigenvalue weighted by Gasteiger charge is 2.08. The molecule has 0 aromatic carbocycles. The highest BCUT2D eigenvalue weighted by molar-refractivity contribution is 5.93. The van der Waals surface area contributed by atoms with Crippen molar-refractivity contribution in [3.05, 3.63) is 29.7 Å². The maximum absolute atomic E-state index is 11.8. The molecule has 2 rings (SSSR count). The van der Waals surface area contributed by atoms with Crippen molar-refractivity contribution < 1.29 is 4.79 Å². The van der Waals surface area contributed by atoms with Crippen molar-refractivity contribution in [1.29, 1.82) is 0 Å². The first-order valence-corrected chi connectivity index (χ1v) is 5.64. The molecule has 19 heavy (non-hydrogen) atoms. The average Bonchev–Trinajstić information content (AvgIpc) is 2.82. The second-order valence-electron chi connectivity index (χ2n) is 4.12. The van der Waals surface area contributed by atoms with E-state index in [0.717, 1.165) is 5.82 Å². The molecule has 0 aliphatic rings. The third kappa shape index (κ3) is 3.18. The molecule has 0 fully saturated rings. The van der Waals surface area contributed by atoms with E-state index in [0.29, 0.717) is 11.4 Å². The van der Waals surface area contributed by atoms with Crippen molar-refractivity contribution in [2.45, 2.75) is 6.54 Å². The Morgan fingerprint density at radius 1 is 1.47 bits per heavy atom. The van der Waals surface area contributed by atoms with Crippen LogP contribution in [0.1, 0.15) is 16.2 Å². The summed E-state index contributed by atoms with van der Waals surface area (Å²) >= 11 is 0. The second-order valence-corrected chi connectivity index (χ2v) is 4.12. The number of nitrogens with one attached hydrogen (secondary N) is 2. The van der Waals surface area contributed by atoms with Crippen LogP contribution in [0.4, 0.5) is 11.8 Å². The van der Waals surface area contributed by atoms with Gasteiger partial charge in [0.1, 0.15) is 11.6 Å². The zero-order chi connectivity index (χ0) is 13.8. The first-order valence-electron chi connectivity index (χ1n) is 5.64. The minimum absolute atomic E-state index is 0.154. The molecule has 4 N–H and O–H groups in total. The third-order valence-electron chi connectivity index (χ3n) is 2.43. The topological polar surface area (TPSA) is 113 Å². The van der Waals surface area contributed by atoms with Gasteiger partial charge in [-0.1, -0.05) is 0 Å². The molecule has 0 atom stereocenters. The van der Waals surface area contributed by atoms with E-state index in [1.165, 1.54) is 6.20 Å². The summed E-state index contributed by atoms with van der Waals surface area (Å²) in [7, 11) is 3.77. The Kier molecular flexibility index (Phi) is 3.60. The number of amides is 1. The fourth-order valence-electron chi connectivity index (χ4n) is 1.44. The number of pyridine rings is 1. The van der Waals surface area contributed by atoms with E-state index < -0.39 is 0 Å². The largest absolute Gasteiger partial charge is 0.367 e. The van der Waals surface area contributed by atoms with E-state index in [-0.39, 0.29) is 18.4 Å². The lowest BCUT2D eigenvalue weighted by Gasteiger charge is -2.11. The van der Waals surface area contributed by atoms with Gasteiger partial charge < -0.3 is 16.0 Å². The number of carbonyl (C=O) groups is 1. The van der Waals surface area contributed by atoms with Gasteiger partial charge in [0.2, 0.25) is 5.95 Å². The minimum Gasteiger partial charge on any atom is -0.367 e. The van der Waals surface area contributed by atoms with Crippen molar-refractivity contribution >= 4 is 17.7 Å². The summed E-state index contributed by atoms with van der Waals surface area (Å²) in [6.45, 7) is 0.235. The van der Waals surface area contributed by atoms with Crippen LogP contribution in [0.5, 0.6) is 0 Å². The molecule has 0 bridgehead atoms. The average molecular weight is 261 g/mol. The maximum atomic E-state index is 11.8. The number of aromatic amines is 1. The lowest BCUT2D eigenvalue weighted by atomic mass is 10.2. The van der Waals surface area contributed by atoms with Crippen LogP contribution in [-0.2, 0) is 6.54 Å². The van der Waals surface area contributed by atoms with Gasteiger partial charge in [-0.25, -0.2) is 4.98 Å². The smallest absolute Gasteiger partial charge is 0.253 e. The summed E-state index contributed by atoms with van der Waals surface area (Å²) < 4.78 is 0. The summed E-state index contributed by atoms with van der Waals surface area (Å²) in [6, 6.07) is 3.49. The predicted octanol–water partition coefficient (Wildman–Crippen LogP) is -0.222. The molecule has 0 aliphatic heterocycles. The monoisotopic (exact) mass is 261 g/mol. The standard InChI is InChI=1S/C11H15N7O/c1-18(2)9-4-3-7(5-13-9)10(19)14-6-8-15-11(12)17-16-8/h3-5H,6H2,1-2H3,(H,14,19)(H3,12,15,16,17). The van der Waals surface area contributed by atoms with E-state index in [1.807, 2.05) is 19.0 Å². The third-order valence-corrected chi connectivity index (χ3v) is 2.43. The van der Waals surface area contributed by atoms with Gasteiger partial charge in [-0.3, -0.25) is 9.89 Å². The quantitative estimate of drug-likeness (QED) is 0.701. The molecule has 2 aromatic rings. The Balaban J connectivity index is 1.96. The molecular weight excluding hydrogens is 246 g/mol. The fraction of sp³-hybridized carbons (Fsp3) is 0.273. The van der Waals surface area contributed by atoms with Crippen LogP contribution in [0, 0.1) is 0 Å². The van der Waals surface area contributed by atoms with E-state index in [2.05, 4.69) is 25.5 Å². The van der Waals surface area contributed by atoms with Gasteiger partial charge in [0, 0.05) is 20.3 Å². The highest BCUT2D eigenvalue weighted by atomic mass is 16.1. The van der Waals surface area contributed by atoms with E-state index in [9.17, 15) is 4.79 Å². The fourth-order valence-corrected chi connectivity index (χ4v) is 1.44. The van der Waals surface area contributed by atoms with Crippen LogP contribution in [0.2, 0.25) is 0 Å². The number of anilines is 2. The predicted molar refractivity (Wildman–Crippen MR) is 70.5 cm³/mol. The second kappa shape index (κ2) is 5.34. The SMILES string of the molecule is CN(C)c1ccc(C(=O)NCc2nc(N)n[nH]2)cn1. The van der Waals surface area contributed by atoms with Crippen molar-refractivity contribution in [3.8, 4) is 0 Å². The Bertz CT molecular complexity index is 561. The number of H-pyrrole nitrogens is 1. The van der Waals surface area contributed by atoms with Crippen molar-refractivity contribution in [2.75, 3.05) is 24.7 Å². The van der Waals surface area contributed by atoms with Gasteiger partial charge in [0.15, 0.2) is 0 Å². The van der Waals surface area contributed by atoms with Gasteiger partial charge in [0.05, 0.1) is 12.1 Å². The normalized spacial score (nSPS) is 10.2. The molecule has 1 amide bonds. The van der Waals surface area contributed by atoms with Crippen molar-refractivity contribution in [1.82, 2.24) is 25.5 Å². The number of carbonyl (C=O) groups excluding carboxylic acids is 1. The lowest BCUT2D eigenvalue weighted by Crippen LogP contribution is -2.23. The number of nitrogens with zero attached hydrogens (tertiary/aromatic N) is 4. The Morgan fingerprint density at radius 3 is 2.79 bits per heavy atom. The summed E-state index contributed by atoms with van der Waals surface area (Å²) in [5.41, 5.74) is 5.84. The molecule has 0 radical (unpaired) electrons. The molecule has 0 saturated carbocycles. The van der Waals surface area contributed by atoms with Crippen LogP contribution in [0.15, 0.2) is 18.3 Å². The summed E-state index contributed by atoms with van der Waals surface area (Å²) in [5, 5.41) is 8.98. The first-order chi connectivity index (χ1) is 9.06. The number of nitrogens with two attached hydrogens (primary N) is 1. The Hall–Kier alpha value is -2.64. The van der Waals surface area contributed by atoms with Gasteiger partial charge in [-0.2, -0.15) is 4.98 Å². The lowest BCUT2D eigenvalue weighted by molar-refractivity contribution is 0.0949. The van der Waals surface area contributed by atoms with E-state index in [4.69, 9.17) is 5.73 Å². The van der Waals surface area contributed by atoms with Crippen molar-refractivity contribution in [3.63, 3.8) is 0 Å². The van der Waals surface area contributed by atoms with E-state index >= 15 is 0 Å². The minimum atomic E-state index is -0.229. The zero-order valence-electron chi connectivity index (χ0n) is 10.7. The molecular formula is C11H15N7O. The molecule has 0 unspecified atom stereocenters. The number of hydrogen-bond donors (Lipinski definition) is 3. The van der Waals surface area contributed by atoms with Gasteiger partial charge in [-0.05, 0) is 12.1 Å². The summed E-state index contributed by atoms with van der Waals surface area (Å²) in [4.78, 5) is 21.8. The Labute approximate surface area is 110 Å². The van der Waals surface area contributed by atoms with Crippen LogP contribution in [0.25, 0.3) is 0 Å². The molecule has 0 aliphatic carbocycles. The summed E-state index contributed by atoms with van der Waals surface area (Å²) in [5.74, 6) is 1.22. The molecule has 8 nitrogen and oxygen atoms in total. The van der Waals surface area contributed by atoms with E-state index in [1.54, 1.807) is 12.1 Å². The molecule has 100 valence electrons. The molecule has 2 aromatic heterocycles. The number of rotatable bonds is 4. The van der Waals surface area contributed by atoms with Gasteiger partial charge >= 0.3 is 0 Å². The number of nitrogen functional groups attached to an aromatic ring is 1. The zero-order valence-corrected chi connectivity index (χ0v) is 10.7. The van der Waals surface area contributed by atoms with Gasteiger partial charge in [-0.15, -0.1) is 5.10 Å². The number of aromatic nitrogens is 4. The van der Waals surface area contributed by atoms with Crippen LogP contribution in [0.3, 0.4) is 0 Å². The molecule has 8 heteroatoms.